The number of halogens is 3. The van der Waals surface area contributed by atoms with Crippen LogP contribution in [0.2, 0.25) is 0 Å². The molecule has 0 saturated carbocycles. The van der Waals surface area contributed by atoms with Gasteiger partial charge in [0, 0.05) is 13.1 Å². The van der Waals surface area contributed by atoms with Crippen LogP contribution < -0.4 is 51.4 Å². The van der Waals surface area contributed by atoms with E-state index in [-0.39, 0.29) is 64.0 Å². The zero-order valence-electron chi connectivity index (χ0n) is 11.0. The zero-order chi connectivity index (χ0) is 12.6. The van der Waals surface area contributed by atoms with Crippen molar-refractivity contribution in [1.29, 1.82) is 0 Å². The van der Waals surface area contributed by atoms with E-state index in [0.717, 1.165) is 0 Å². The van der Waals surface area contributed by atoms with Crippen LogP contribution in [0.5, 0.6) is 0 Å². The second-order valence-electron chi connectivity index (χ2n) is 5.09. The number of hydrogen-bond acceptors (Lipinski definition) is 2. The van der Waals surface area contributed by atoms with E-state index in [2.05, 4.69) is 6.58 Å². The van der Waals surface area contributed by atoms with Crippen LogP contribution in [-0.2, 0) is 4.74 Å². The molecule has 1 atom stereocenters. The molecule has 1 rings (SSSR count). The van der Waals surface area contributed by atoms with E-state index in [4.69, 9.17) is 4.74 Å². The number of rotatable bonds is 3. The van der Waals surface area contributed by atoms with Gasteiger partial charge in [0.05, 0.1) is 11.7 Å². The van der Waals surface area contributed by atoms with Gasteiger partial charge in [0.2, 0.25) is 0 Å². The second-order valence-corrected chi connectivity index (χ2v) is 5.09. The van der Waals surface area contributed by atoms with Crippen molar-refractivity contribution < 1.29 is 69.1 Å². The minimum absolute atomic E-state index is 0. The predicted octanol–water partition coefficient (Wildman–Crippen LogP) is -0.567. The third-order valence-corrected chi connectivity index (χ3v) is 2.53. The first-order valence-electron chi connectivity index (χ1n) is 5.38. The topological polar surface area (TPSA) is 12.5 Å². The van der Waals surface area contributed by atoms with Crippen molar-refractivity contribution in [1.82, 2.24) is 4.90 Å². The molecule has 0 N–H and O–H groups in total. The third-order valence-electron chi connectivity index (χ3n) is 2.53. The molecule has 1 aliphatic heterocycles. The smallest absolute Gasteiger partial charge is 0.445 e. The fourth-order valence-corrected chi connectivity index (χ4v) is 2.10. The molecular formula is C10H18BF3KNO. The summed E-state index contributed by atoms with van der Waals surface area (Å²) >= 11 is 0. The van der Waals surface area contributed by atoms with Crippen LogP contribution in [0, 0.1) is 0 Å². The van der Waals surface area contributed by atoms with E-state index in [1.165, 1.54) is 0 Å². The standard InChI is InChI=1S/C10H18BF3NO.K/c1-8(11(12,13)14)5-15-6-9(2)16-10(3,4)7-15;/h9H,1,5-7H2,2-4H3;/q-1;+1. The van der Waals surface area contributed by atoms with E-state index in [0.29, 0.717) is 13.1 Å². The summed E-state index contributed by atoms with van der Waals surface area (Å²) in [6, 6.07) is 0. The van der Waals surface area contributed by atoms with Crippen molar-refractivity contribution in [3.05, 3.63) is 12.1 Å². The molecule has 0 aromatic rings. The molecule has 1 aliphatic rings. The number of morpholine rings is 1. The van der Waals surface area contributed by atoms with Crippen molar-refractivity contribution in [3.8, 4) is 0 Å². The largest absolute Gasteiger partial charge is 1.00 e. The van der Waals surface area contributed by atoms with Crippen LogP contribution in [0.1, 0.15) is 20.8 Å². The summed E-state index contributed by atoms with van der Waals surface area (Å²) < 4.78 is 42.8. The van der Waals surface area contributed by atoms with Crippen LogP contribution in [-0.4, -0.2) is 43.2 Å². The van der Waals surface area contributed by atoms with Gasteiger partial charge in [0.25, 0.3) is 0 Å². The SMILES string of the molecule is C=C(CN1CC(C)OC(C)(C)C1)[B-](F)(F)F.[K+]. The van der Waals surface area contributed by atoms with Crippen LogP contribution in [0.15, 0.2) is 12.1 Å². The number of ether oxygens (including phenoxy) is 1. The first kappa shape index (κ1) is 18.2. The monoisotopic (exact) mass is 275 g/mol. The molecule has 0 aromatic heterocycles. The summed E-state index contributed by atoms with van der Waals surface area (Å²) in [5, 5.41) is 0. The van der Waals surface area contributed by atoms with Gasteiger partial charge < -0.3 is 17.7 Å². The minimum Gasteiger partial charge on any atom is -0.445 e. The Labute approximate surface area is 143 Å². The third kappa shape index (κ3) is 6.22. The average Bonchev–Trinajstić information content (AvgIpc) is 1.97. The van der Waals surface area contributed by atoms with Crippen molar-refractivity contribution in [3.63, 3.8) is 0 Å². The molecule has 7 heteroatoms. The molecular weight excluding hydrogens is 257 g/mol. The fourth-order valence-electron chi connectivity index (χ4n) is 2.10. The molecule has 1 fully saturated rings. The van der Waals surface area contributed by atoms with Gasteiger partial charge in [-0.1, -0.05) is 0 Å². The van der Waals surface area contributed by atoms with Crippen molar-refractivity contribution in [2.75, 3.05) is 19.6 Å². The van der Waals surface area contributed by atoms with Gasteiger partial charge in [0.1, 0.15) is 0 Å². The van der Waals surface area contributed by atoms with Crippen LogP contribution in [0.3, 0.4) is 0 Å². The molecule has 0 radical (unpaired) electrons. The van der Waals surface area contributed by atoms with Gasteiger partial charge in [-0.2, -0.15) is 0 Å². The quantitative estimate of drug-likeness (QED) is 0.640. The van der Waals surface area contributed by atoms with Gasteiger partial charge in [-0.3, -0.25) is 4.90 Å². The van der Waals surface area contributed by atoms with Gasteiger partial charge in [-0.05, 0) is 27.3 Å². The molecule has 0 amide bonds. The molecule has 1 saturated heterocycles. The van der Waals surface area contributed by atoms with Crippen LogP contribution in [0.25, 0.3) is 0 Å². The maximum atomic E-state index is 12.4. The van der Waals surface area contributed by atoms with Crippen molar-refractivity contribution in [2.24, 2.45) is 0 Å². The first-order valence-corrected chi connectivity index (χ1v) is 5.38. The summed E-state index contributed by atoms with van der Waals surface area (Å²) in [7, 11) is 0. The average molecular weight is 275 g/mol. The van der Waals surface area contributed by atoms with Gasteiger partial charge in [-0.15, -0.1) is 12.1 Å². The first-order chi connectivity index (χ1) is 7.10. The molecule has 1 heterocycles. The molecule has 0 bridgehead atoms. The fraction of sp³-hybridized carbons (Fsp3) is 0.800. The maximum absolute atomic E-state index is 12.4. The maximum Gasteiger partial charge on any atom is 1.00 e. The second kappa shape index (κ2) is 6.54. The van der Waals surface area contributed by atoms with E-state index in [1.807, 2.05) is 20.8 Å². The Morgan fingerprint density at radius 3 is 2.41 bits per heavy atom. The Kier molecular flexibility index (Phi) is 6.99. The summed E-state index contributed by atoms with van der Waals surface area (Å²) in [4.78, 5) is 1.76. The molecule has 17 heavy (non-hydrogen) atoms. The van der Waals surface area contributed by atoms with E-state index in [9.17, 15) is 12.9 Å². The number of hydrogen-bond donors (Lipinski definition) is 0. The van der Waals surface area contributed by atoms with Gasteiger partial charge in [0.15, 0.2) is 0 Å². The van der Waals surface area contributed by atoms with E-state index >= 15 is 0 Å². The Bertz CT molecular complexity index is 283. The molecule has 1 unspecified atom stereocenters. The van der Waals surface area contributed by atoms with E-state index in [1.54, 1.807) is 4.90 Å². The Morgan fingerprint density at radius 2 is 2.00 bits per heavy atom. The zero-order valence-corrected chi connectivity index (χ0v) is 14.1. The Morgan fingerprint density at radius 1 is 1.47 bits per heavy atom. The summed E-state index contributed by atoms with van der Waals surface area (Å²) in [6.45, 7) is 4.74. The Hall–Kier alpha value is 1.15. The Balaban J connectivity index is 0.00000256. The van der Waals surface area contributed by atoms with Gasteiger partial charge in [-0.25, -0.2) is 0 Å². The number of nitrogens with zero attached hydrogens (tertiary/aromatic N) is 1. The molecule has 94 valence electrons. The summed E-state index contributed by atoms with van der Waals surface area (Å²) in [6.07, 6.45) is -0.0442. The molecule has 0 aromatic carbocycles. The summed E-state index contributed by atoms with van der Waals surface area (Å²) in [5.41, 5.74) is -1.03. The van der Waals surface area contributed by atoms with E-state index < -0.39 is 18.1 Å². The van der Waals surface area contributed by atoms with Crippen LogP contribution >= 0.6 is 0 Å². The molecule has 0 aliphatic carbocycles. The predicted molar refractivity (Wildman–Crippen MR) is 59.3 cm³/mol. The van der Waals surface area contributed by atoms with Gasteiger partial charge >= 0.3 is 58.4 Å². The summed E-state index contributed by atoms with van der Waals surface area (Å²) in [5.74, 6) is 0. The molecule has 2 nitrogen and oxygen atoms in total. The molecule has 0 spiro atoms. The normalized spacial score (nSPS) is 25.2. The van der Waals surface area contributed by atoms with Crippen molar-refractivity contribution in [2.45, 2.75) is 32.5 Å². The van der Waals surface area contributed by atoms with Crippen LogP contribution in [0.4, 0.5) is 12.9 Å². The van der Waals surface area contributed by atoms with Crippen molar-refractivity contribution >= 4 is 6.98 Å². The minimum atomic E-state index is -4.93.